The number of nitriles is 1. The first kappa shape index (κ1) is 17.2. The molecule has 2 N–H and O–H groups in total. The van der Waals surface area contributed by atoms with Gasteiger partial charge in [-0.25, -0.2) is 0 Å². The number of nitro benzene ring substituents is 1. The maximum atomic E-state index is 12.0. The average Bonchev–Trinajstić information content (AvgIpc) is 2.54. The topological polar surface area (TPSA) is 108 Å². The number of carbonyl (C=O) groups excluding carboxylic acids is 1. The average molecular weight is 345 g/mol. The van der Waals surface area contributed by atoms with Crippen LogP contribution in [-0.2, 0) is 4.79 Å². The Morgan fingerprint density at radius 3 is 2.71 bits per heavy atom. The molecule has 0 fully saturated rings. The van der Waals surface area contributed by atoms with Gasteiger partial charge in [0.2, 0.25) is 5.91 Å². The molecule has 0 aliphatic carbocycles. The second-order valence-corrected chi connectivity index (χ2v) is 5.37. The van der Waals surface area contributed by atoms with Crippen LogP contribution < -0.4 is 10.6 Å². The number of nitro groups is 1. The Hall–Kier alpha value is -3.11. The van der Waals surface area contributed by atoms with E-state index < -0.39 is 4.92 Å². The largest absolute Gasteiger partial charge is 0.376 e. The number of hydrogen-bond donors (Lipinski definition) is 2. The quantitative estimate of drug-likeness (QED) is 0.637. The Morgan fingerprint density at radius 1 is 1.33 bits per heavy atom. The third-order valence-electron chi connectivity index (χ3n) is 3.24. The zero-order chi connectivity index (χ0) is 17.7. The van der Waals surface area contributed by atoms with Gasteiger partial charge < -0.3 is 10.6 Å². The van der Waals surface area contributed by atoms with E-state index in [1.165, 1.54) is 24.3 Å². The third-order valence-corrected chi connectivity index (χ3v) is 3.56. The van der Waals surface area contributed by atoms with E-state index in [1.807, 2.05) is 6.07 Å². The Bertz CT molecular complexity index is 846. The molecule has 7 nitrogen and oxygen atoms in total. The number of aryl methyl sites for hydroxylation is 1. The Balaban J connectivity index is 2.01. The number of nitrogens with one attached hydrogen (secondary N) is 2. The van der Waals surface area contributed by atoms with Crippen LogP contribution in [0.3, 0.4) is 0 Å². The first-order valence-electron chi connectivity index (χ1n) is 6.89. The van der Waals surface area contributed by atoms with Crippen molar-refractivity contribution in [3.63, 3.8) is 0 Å². The molecule has 0 heterocycles. The summed E-state index contributed by atoms with van der Waals surface area (Å²) in [7, 11) is 0. The Labute approximate surface area is 143 Å². The molecule has 0 atom stereocenters. The molecule has 8 heteroatoms. The number of nitrogens with zero attached hydrogens (tertiary/aromatic N) is 2. The van der Waals surface area contributed by atoms with E-state index in [1.54, 1.807) is 19.1 Å². The second kappa shape index (κ2) is 7.44. The zero-order valence-electron chi connectivity index (χ0n) is 12.7. The van der Waals surface area contributed by atoms with Crippen molar-refractivity contribution in [1.82, 2.24) is 0 Å². The van der Waals surface area contributed by atoms with Crippen LogP contribution in [0.4, 0.5) is 17.1 Å². The molecule has 0 aliphatic rings. The molecule has 2 aromatic carbocycles. The lowest BCUT2D eigenvalue weighted by molar-refractivity contribution is -0.384. The van der Waals surface area contributed by atoms with Gasteiger partial charge in [-0.05, 0) is 30.7 Å². The normalized spacial score (nSPS) is 9.88. The fraction of sp³-hybridized carbons (Fsp3) is 0.125. The van der Waals surface area contributed by atoms with Crippen LogP contribution in [0, 0.1) is 28.4 Å². The van der Waals surface area contributed by atoms with E-state index in [0.29, 0.717) is 16.9 Å². The summed E-state index contributed by atoms with van der Waals surface area (Å²) in [5.74, 6) is -0.346. The minimum Gasteiger partial charge on any atom is -0.376 e. The van der Waals surface area contributed by atoms with Crippen molar-refractivity contribution in [3.8, 4) is 6.07 Å². The highest BCUT2D eigenvalue weighted by molar-refractivity contribution is 6.32. The van der Waals surface area contributed by atoms with Crippen molar-refractivity contribution in [1.29, 1.82) is 5.26 Å². The predicted molar refractivity (Wildman–Crippen MR) is 91.1 cm³/mol. The van der Waals surface area contributed by atoms with Gasteiger partial charge >= 0.3 is 0 Å². The zero-order valence-corrected chi connectivity index (χ0v) is 13.4. The Kier molecular flexibility index (Phi) is 5.35. The van der Waals surface area contributed by atoms with Gasteiger partial charge in [-0.1, -0.05) is 17.7 Å². The third kappa shape index (κ3) is 4.21. The number of benzene rings is 2. The summed E-state index contributed by atoms with van der Waals surface area (Å²) in [6.07, 6.45) is 0. The molecule has 0 spiro atoms. The van der Waals surface area contributed by atoms with Gasteiger partial charge in [-0.3, -0.25) is 14.9 Å². The lowest BCUT2D eigenvalue weighted by Crippen LogP contribution is -2.22. The number of non-ortho nitro benzene ring substituents is 1. The Morgan fingerprint density at radius 2 is 2.08 bits per heavy atom. The molecule has 24 heavy (non-hydrogen) atoms. The summed E-state index contributed by atoms with van der Waals surface area (Å²) in [5.41, 5.74) is 2.02. The second-order valence-electron chi connectivity index (χ2n) is 4.96. The summed E-state index contributed by atoms with van der Waals surface area (Å²) in [6.45, 7) is 1.71. The van der Waals surface area contributed by atoms with Crippen LogP contribution in [0.1, 0.15) is 11.1 Å². The molecule has 0 unspecified atom stereocenters. The van der Waals surface area contributed by atoms with E-state index >= 15 is 0 Å². The van der Waals surface area contributed by atoms with E-state index in [4.69, 9.17) is 16.9 Å². The van der Waals surface area contributed by atoms with E-state index in [9.17, 15) is 14.9 Å². The van der Waals surface area contributed by atoms with Crippen molar-refractivity contribution in [2.24, 2.45) is 0 Å². The minimum absolute atomic E-state index is 0.0533. The number of hydrogen-bond acceptors (Lipinski definition) is 5. The van der Waals surface area contributed by atoms with Gasteiger partial charge in [0.25, 0.3) is 5.69 Å². The van der Waals surface area contributed by atoms with Gasteiger partial charge in [-0.2, -0.15) is 5.26 Å². The fourth-order valence-corrected chi connectivity index (χ4v) is 2.20. The van der Waals surface area contributed by atoms with Crippen LogP contribution in [0.2, 0.25) is 5.02 Å². The summed E-state index contributed by atoms with van der Waals surface area (Å²) < 4.78 is 0. The van der Waals surface area contributed by atoms with Gasteiger partial charge in [0.1, 0.15) is 6.07 Å². The van der Waals surface area contributed by atoms with Crippen molar-refractivity contribution in [2.45, 2.75) is 6.92 Å². The molecule has 1 amide bonds. The highest BCUT2D eigenvalue weighted by atomic mass is 35.5. The standard InChI is InChI=1S/C16H13ClN4O3/c1-10-2-5-13(21(23)24)7-15(10)19-9-16(22)20-12-4-3-11(8-18)14(17)6-12/h2-7,19H,9H2,1H3,(H,20,22). The van der Waals surface area contributed by atoms with Crippen molar-refractivity contribution in [2.75, 3.05) is 17.2 Å². The lowest BCUT2D eigenvalue weighted by Gasteiger charge is -2.10. The molecule has 0 saturated carbocycles. The minimum atomic E-state index is -0.497. The molecule has 122 valence electrons. The van der Waals surface area contributed by atoms with E-state index in [0.717, 1.165) is 5.56 Å². The highest BCUT2D eigenvalue weighted by Gasteiger charge is 2.10. The summed E-state index contributed by atoms with van der Waals surface area (Å²) in [6, 6.07) is 10.9. The SMILES string of the molecule is Cc1ccc([N+](=O)[O-])cc1NCC(=O)Nc1ccc(C#N)c(Cl)c1. The van der Waals surface area contributed by atoms with Gasteiger partial charge in [0, 0.05) is 23.5 Å². The number of anilines is 2. The number of carbonyl (C=O) groups is 1. The fourth-order valence-electron chi connectivity index (χ4n) is 1.98. The molecule has 0 aliphatic heterocycles. The smallest absolute Gasteiger partial charge is 0.271 e. The molecular formula is C16H13ClN4O3. The molecule has 0 saturated heterocycles. The van der Waals surface area contributed by atoms with Crippen LogP contribution in [0.15, 0.2) is 36.4 Å². The van der Waals surface area contributed by atoms with Crippen LogP contribution in [0.5, 0.6) is 0 Å². The van der Waals surface area contributed by atoms with Gasteiger partial charge in [0.15, 0.2) is 0 Å². The summed E-state index contributed by atoms with van der Waals surface area (Å²) >= 11 is 5.90. The number of halogens is 1. The van der Waals surface area contributed by atoms with Crippen molar-refractivity contribution < 1.29 is 9.72 Å². The van der Waals surface area contributed by atoms with Gasteiger partial charge in [0.05, 0.1) is 22.1 Å². The maximum Gasteiger partial charge on any atom is 0.271 e. The molecule has 0 aromatic heterocycles. The summed E-state index contributed by atoms with van der Waals surface area (Å²) in [5, 5.41) is 25.3. The monoisotopic (exact) mass is 344 g/mol. The van der Waals surface area contributed by atoms with Crippen molar-refractivity contribution >= 4 is 34.6 Å². The van der Waals surface area contributed by atoms with Crippen LogP contribution >= 0.6 is 11.6 Å². The molecule has 0 radical (unpaired) electrons. The molecule has 2 aromatic rings. The van der Waals surface area contributed by atoms with Crippen LogP contribution in [-0.4, -0.2) is 17.4 Å². The molecular weight excluding hydrogens is 332 g/mol. The number of amides is 1. The molecule has 0 bridgehead atoms. The molecule has 2 rings (SSSR count). The first-order chi connectivity index (χ1) is 11.4. The maximum absolute atomic E-state index is 12.0. The van der Waals surface area contributed by atoms with Crippen LogP contribution in [0.25, 0.3) is 0 Å². The summed E-state index contributed by atoms with van der Waals surface area (Å²) in [4.78, 5) is 22.3. The van der Waals surface area contributed by atoms with Crippen molar-refractivity contribution in [3.05, 3.63) is 62.7 Å². The van der Waals surface area contributed by atoms with E-state index in [-0.39, 0.29) is 23.2 Å². The van der Waals surface area contributed by atoms with Gasteiger partial charge in [-0.15, -0.1) is 0 Å². The van der Waals surface area contributed by atoms with E-state index in [2.05, 4.69) is 10.6 Å². The highest BCUT2D eigenvalue weighted by Crippen LogP contribution is 2.22. The lowest BCUT2D eigenvalue weighted by atomic mass is 10.2. The predicted octanol–water partition coefficient (Wildman–Crippen LogP) is 3.48. The first-order valence-corrected chi connectivity index (χ1v) is 7.27. The number of rotatable bonds is 5.